The Hall–Kier alpha value is -2.75. The number of rotatable bonds is 8. The molecule has 1 unspecified atom stereocenters. The van der Waals surface area contributed by atoms with Gasteiger partial charge in [-0.05, 0) is 31.5 Å². The van der Waals surface area contributed by atoms with Crippen LogP contribution in [0.5, 0.6) is 0 Å². The standard InChI is InChI=1S/C18H23F3N4O3/c1-3-6-13(26)10-25-15(22)14(17(27)28-4-2)16(24-25)23-12-8-5-7-11(9-12)18(19,20)21/h5,7-9,13,26H,3-4,6,10,22H2,1-2H3,(H,23,24). The van der Waals surface area contributed by atoms with Crippen LogP contribution in [-0.2, 0) is 17.5 Å². The number of alkyl halides is 3. The predicted molar refractivity (Wildman–Crippen MR) is 98.2 cm³/mol. The number of esters is 1. The smallest absolute Gasteiger partial charge is 0.416 e. The van der Waals surface area contributed by atoms with Crippen LogP contribution in [0.1, 0.15) is 42.6 Å². The zero-order valence-corrected chi connectivity index (χ0v) is 15.6. The Labute approximate surface area is 160 Å². The van der Waals surface area contributed by atoms with Gasteiger partial charge in [-0.3, -0.25) is 0 Å². The largest absolute Gasteiger partial charge is 0.462 e. The van der Waals surface area contributed by atoms with E-state index in [0.29, 0.717) is 6.42 Å². The number of nitrogens with one attached hydrogen (secondary N) is 1. The Morgan fingerprint density at radius 2 is 2.11 bits per heavy atom. The number of aliphatic hydroxyl groups excluding tert-OH is 1. The van der Waals surface area contributed by atoms with Crippen LogP contribution in [0.15, 0.2) is 24.3 Å². The first-order valence-corrected chi connectivity index (χ1v) is 8.83. The molecule has 0 spiro atoms. The lowest BCUT2D eigenvalue weighted by molar-refractivity contribution is -0.137. The number of hydrogen-bond acceptors (Lipinski definition) is 6. The quantitative estimate of drug-likeness (QED) is 0.586. The predicted octanol–water partition coefficient (Wildman–Crippen LogP) is 3.57. The summed E-state index contributed by atoms with van der Waals surface area (Å²) in [6.07, 6.45) is -4.00. The number of nitrogens with two attached hydrogens (primary N) is 1. The first kappa shape index (κ1) is 21.5. The summed E-state index contributed by atoms with van der Waals surface area (Å²) < 4.78 is 45.0. The molecule has 1 aromatic carbocycles. The third-order valence-corrected chi connectivity index (χ3v) is 3.93. The van der Waals surface area contributed by atoms with Gasteiger partial charge in [0.1, 0.15) is 11.4 Å². The lowest BCUT2D eigenvalue weighted by atomic mass is 10.2. The molecule has 1 heterocycles. The number of carbonyl (C=O) groups is 1. The highest BCUT2D eigenvalue weighted by Crippen LogP contribution is 2.32. The average Bonchev–Trinajstić information content (AvgIpc) is 2.90. The molecule has 154 valence electrons. The molecule has 2 aromatic rings. The number of aromatic nitrogens is 2. The number of hydrogen-bond donors (Lipinski definition) is 3. The number of nitrogen functional groups attached to an aromatic ring is 1. The third kappa shape index (κ3) is 5.16. The zero-order valence-electron chi connectivity index (χ0n) is 15.6. The van der Waals surface area contributed by atoms with E-state index >= 15 is 0 Å². The number of aliphatic hydroxyl groups is 1. The summed E-state index contributed by atoms with van der Waals surface area (Å²) in [5.74, 6) is -0.840. The van der Waals surface area contributed by atoms with E-state index in [-0.39, 0.29) is 36.0 Å². The molecule has 7 nitrogen and oxygen atoms in total. The fourth-order valence-electron chi connectivity index (χ4n) is 2.64. The monoisotopic (exact) mass is 400 g/mol. The van der Waals surface area contributed by atoms with E-state index in [4.69, 9.17) is 10.5 Å². The number of anilines is 3. The molecule has 0 saturated carbocycles. The second kappa shape index (κ2) is 8.96. The Morgan fingerprint density at radius 3 is 2.71 bits per heavy atom. The van der Waals surface area contributed by atoms with Crippen molar-refractivity contribution in [3.05, 3.63) is 35.4 Å². The number of carbonyl (C=O) groups excluding carboxylic acids is 1. The van der Waals surface area contributed by atoms with Gasteiger partial charge < -0.3 is 20.9 Å². The van der Waals surface area contributed by atoms with Crippen molar-refractivity contribution in [2.24, 2.45) is 0 Å². The van der Waals surface area contributed by atoms with Crippen LogP contribution in [0.3, 0.4) is 0 Å². The number of ether oxygens (including phenoxy) is 1. The molecule has 2 rings (SSSR count). The summed E-state index contributed by atoms with van der Waals surface area (Å²) >= 11 is 0. The van der Waals surface area contributed by atoms with Gasteiger partial charge in [0, 0.05) is 5.69 Å². The Morgan fingerprint density at radius 1 is 1.39 bits per heavy atom. The van der Waals surface area contributed by atoms with Crippen molar-refractivity contribution in [1.82, 2.24) is 9.78 Å². The molecular weight excluding hydrogens is 377 g/mol. The summed E-state index contributed by atoms with van der Waals surface area (Å²) in [5.41, 5.74) is 5.14. The van der Waals surface area contributed by atoms with Crippen LogP contribution in [0.2, 0.25) is 0 Å². The van der Waals surface area contributed by atoms with E-state index in [0.717, 1.165) is 18.6 Å². The second-order valence-electron chi connectivity index (χ2n) is 6.16. The molecular formula is C18H23F3N4O3. The number of benzene rings is 1. The van der Waals surface area contributed by atoms with Gasteiger partial charge in [0.15, 0.2) is 5.82 Å². The minimum atomic E-state index is -4.51. The van der Waals surface area contributed by atoms with Gasteiger partial charge in [0.2, 0.25) is 0 Å². The Bertz CT molecular complexity index is 821. The van der Waals surface area contributed by atoms with Crippen molar-refractivity contribution in [2.75, 3.05) is 17.7 Å². The van der Waals surface area contributed by atoms with Gasteiger partial charge in [-0.2, -0.15) is 18.3 Å². The molecule has 0 saturated heterocycles. The van der Waals surface area contributed by atoms with Crippen LogP contribution in [-0.4, -0.2) is 33.6 Å². The van der Waals surface area contributed by atoms with Crippen LogP contribution in [0.4, 0.5) is 30.5 Å². The minimum Gasteiger partial charge on any atom is -0.462 e. The average molecular weight is 400 g/mol. The van der Waals surface area contributed by atoms with Gasteiger partial charge >= 0.3 is 12.1 Å². The van der Waals surface area contributed by atoms with Crippen molar-refractivity contribution in [2.45, 2.75) is 45.5 Å². The SMILES string of the molecule is CCCC(O)Cn1nc(Nc2cccc(C(F)(F)F)c2)c(C(=O)OCC)c1N. The van der Waals surface area contributed by atoms with Gasteiger partial charge in [0.05, 0.1) is 24.8 Å². The normalized spacial score (nSPS) is 12.6. The van der Waals surface area contributed by atoms with E-state index in [2.05, 4.69) is 10.4 Å². The maximum atomic E-state index is 12.9. The first-order valence-electron chi connectivity index (χ1n) is 8.83. The molecule has 1 atom stereocenters. The molecule has 0 aliphatic carbocycles. The van der Waals surface area contributed by atoms with Gasteiger partial charge in [-0.25, -0.2) is 9.48 Å². The molecule has 1 aromatic heterocycles. The topological polar surface area (TPSA) is 102 Å². The molecule has 0 radical (unpaired) electrons. The molecule has 10 heteroatoms. The van der Waals surface area contributed by atoms with Crippen LogP contribution in [0.25, 0.3) is 0 Å². The van der Waals surface area contributed by atoms with E-state index in [1.807, 2.05) is 6.92 Å². The summed E-state index contributed by atoms with van der Waals surface area (Å²) in [4.78, 5) is 12.3. The van der Waals surface area contributed by atoms with E-state index < -0.39 is 23.8 Å². The zero-order chi connectivity index (χ0) is 20.9. The molecule has 0 aliphatic heterocycles. The summed E-state index contributed by atoms with van der Waals surface area (Å²) in [5, 5.41) is 16.9. The molecule has 0 bridgehead atoms. The van der Waals surface area contributed by atoms with E-state index in [1.54, 1.807) is 6.92 Å². The maximum absolute atomic E-state index is 12.9. The van der Waals surface area contributed by atoms with Crippen LogP contribution >= 0.6 is 0 Å². The van der Waals surface area contributed by atoms with Crippen molar-refractivity contribution in [1.29, 1.82) is 0 Å². The molecule has 0 amide bonds. The van der Waals surface area contributed by atoms with Gasteiger partial charge in [-0.1, -0.05) is 19.4 Å². The highest BCUT2D eigenvalue weighted by molar-refractivity contribution is 6.00. The molecule has 0 aliphatic rings. The van der Waals surface area contributed by atoms with E-state index in [9.17, 15) is 23.1 Å². The minimum absolute atomic E-state index is 0.0380. The fraction of sp³-hybridized carbons (Fsp3) is 0.444. The van der Waals surface area contributed by atoms with Crippen molar-refractivity contribution in [3.63, 3.8) is 0 Å². The van der Waals surface area contributed by atoms with Crippen molar-refractivity contribution < 1.29 is 27.8 Å². The molecule has 0 fully saturated rings. The third-order valence-electron chi connectivity index (χ3n) is 3.93. The molecule has 28 heavy (non-hydrogen) atoms. The highest BCUT2D eigenvalue weighted by Gasteiger charge is 2.31. The van der Waals surface area contributed by atoms with Gasteiger partial charge in [0.25, 0.3) is 0 Å². The maximum Gasteiger partial charge on any atom is 0.416 e. The number of halogens is 3. The summed E-state index contributed by atoms with van der Waals surface area (Å²) in [7, 11) is 0. The van der Waals surface area contributed by atoms with E-state index in [1.165, 1.54) is 16.8 Å². The second-order valence-corrected chi connectivity index (χ2v) is 6.16. The Balaban J connectivity index is 2.40. The summed E-state index contributed by atoms with van der Waals surface area (Å²) in [6, 6.07) is 4.48. The van der Waals surface area contributed by atoms with Crippen molar-refractivity contribution >= 4 is 23.3 Å². The van der Waals surface area contributed by atoms with Crippen LogP contribution < -0.4 is 11.1 Å². The van der Waals surface area contributed by atoms with Gasteiger partial charge in [-0.15, -0.1) is 0 Å². The highest BCUT2D eigenvalue weighted by atomic mass is 19.4. The number of nitrogens with zero attached hydrogens (tertiary/aromatic N) is 2. The first-order chi connectivity index (χ1) is 13.2. The lowest BCUT2D eigenvalue weighted by Gasteiger charge is -2.10. The summed E-state index contributed by atoms with van der Waals surface area (Å²) in [6.45, 7) is 3.64. The van der Waals surface area contributed by atoms with Crippen molar-refractivity contribution in [3.8, 4) is 0 Å². The fourth-order valence-corrected chi connectivity index (χ4v) is 2.64. The molecule has 4 N–H and O–H groups in total. The lowest BCUT2D eigenvalue weighted by Crippen LogP contribution is -2.18. The Kier molecular flexibility index (Phi) is 6.90. The van der Waals surface area contributed by atoms with Crippen LogP contribution in [0, 0.1) is 0 Å².